The van der Waals surface area contributed by atoms with Gasteiger partial charge in [0.05, 0.1) is 12.8 Å². The molecule has 0 saturated heterocycles. The summed E-state index contributed by atoms with van der Waals surface area (Å²) >= 11 is 0. The van der Waals surface area contributed by atoms with E-state index >= 15 is 0 Å². The normalized spacial score (nSPS) is 38.7. The van der Waals surface area contributed by atoms with E-state index in [1.54, 1.807) is 0 Å². The van der Waals surface area contributed by atoms with E-state index in [2.05, 4.69) is 47.6 Å². The number of carbonyl (C=O) groups is 2. The van der Waals surface area contributed by atoms with Crippen molar-refractivity contribution in [3.63, 3.8) is 0 Å². The summed E-state index contributed by atoms with van der Waals surface area (Å²) in [5.41, 5.74) is 2.25. The molecule has 4 rings (SSSR count). The zero-order valence-electron chi connectivity index (χ0n) is 24.6. The van der Waals surface area contributed by atoms with Crippen LogP contribution in [0.4, 0.5) is 0 Å². The molecule has 0 aromatic heterocycles. The molecule has 37 heavy (non-hydrogen) atoms. The summed E-state index contributed by atoms with van der Waals surface area (Å²) < 4.78 is 5.72. The van der Waals surface area contributed by atoms with Gasteiger partial charge in [-0.25, -0.2) is 0 Å². The summed E-state index contributed by atoms with van der Waals surface area (Å²) in [6.45, 7) is 14.9. The predicted octanol–water partition coefficient (Wildman–Crippen LogP) is 8.44. The molecule has 4 aliphatic rings. The van der Waals surface area contributed by atoms with Gasteiger partial charge >= 0.3 is 11.9 Å². The van der Waals surface area contributed by atoms with Crippen molar-refractivity contribution < 1.29 is 19.4 Å². The number of carbonyl (C=O) groups excluding carboxylic acids is 1. The number of allylic oxidation sites excluding steroid dienone is 1. The Balaban J connectivity index is 1.40. The van der Waals surface area contributed by atoms with E-state index in [0.29, 0.717) is 5.41 Å². The van der Waals surface area contributed by atoms with Gasteiger partial charge in [-0.3, -0.25) is 9.59 Å². The smallest absolute Gasteiger partial charge is 0.306 e. The molecular weight excluding hydrogens is 460 g/mol. The number of ether oxygens (including phenoxy) is 1. The van der Waals surface area contributed by atoms with E-state index in [1.165, 1.54) is 56.9 Å². The molecule has 1 unspecified atom stereocenters. The van der Waals surface area contributed by atoms with Crippen LogP contribution in [-0.2, 0) is 14.3 Å². The lowest BCUT2D eigenvalue weighted by Crippen LogP contribution is -2.51. The van der Waals surface area contributed by atoms with Crippen molar-refractivity contribution in [3.05, 3.63) is 11.6 Å². The fourth-order valence-electron chi connectivity index (χ4n) is 9.84. The molecule has 4 heteroatoms. The van der Waals surface area contributed by atoms with Gasteiger partial charge in [-0.2, -0.15) is 0 Å². The van der Waals surface area contributed by atoms with Crippen molar-refractivity contribution in [1.82, 2.24) is 0 Å². The summed E-state index contributed by atoms with van der Waals surface area (Å²) in [6.07, 6.45) is 16.0. The molecule has 4 nitrogen and oxygen atoms in total. The van der Waals surface area contributed by atoms with Gasteiger partial charge in [0.2, 0.25) is 0 Å². The van der Waals surface area contributed by atoms with E-state index in [9.17, 15) is 9.59 Å². The lowest BCUT2D eigenvalue weighted by Gasteiger charge is -2.58. The number of esters is 1. The van der Waals surface area contributed by atoms with Crippen LogP contribution in [0.1, 0.15) is 125 Å². The average Bonchev–Trinajstić information content (AvgIpc) is 3.20. The monoisotopic (exact) mass is 514 g/mol. The minimum atomic E-state index is -0.942. The highest BCUT2D eigenvalue weighted by Gasteiger charge is 2.59. The van der Waals surface area contributed by atoms with Crippen molar-refractivity contribution in [3.8, 4) is 0 Å². The molecule has 0 bridgehead atoms. The Bertz CT molecular complexity index is 860. The second kappa shape index (κ2) is 11.4. The Hall–Kier alpha value is -1.32. The van der Waals surface area contributed by atoms with Crippen molar-refractivity contribution in [1.29, 1.82) is 0 Å². The Kier molecular flexibility index (Phi) is 8.86. The van der Waals surface area contributed by atoms with E-state index in [-0.39, 0.29) is 30.3 Å². The van der Waals surface area contributed by atoms with Crippen LogP contribution in [0.15, 0.2) is 11.6 Å². The maximum Gasteiger partial charge on any atom is 0.306 e. The van der Waals surface area contributed by atoms with Crippen molar-refractivity contribution in [2.45, 2.75) is 131 Å². The van der Waals surface area contributed by atoms with Crippen LogP contribution in [0.25, 0.3) is 0 Å². The largest absolute Gasteiger partial charge is 0.481 e. The third-order valence-electron chi connectivity index (χ3n) is 12.1. The van der Waals surface area contributed by atoms with Gasteiger partial charge in [-0.1, -0.05) is 66.0 Å². The van der Waals surface area contributed by atoms with Crippen molar-refractivity contribution in [2.24, 2.45) is 52.3 Å². The van der Waals surface area contributed by atoms with E-state index < -0.39 is 5.97 Å². The molecule has 9 atom stereocenters. The number of carboxylic acid groups (broad SMARTS) is 1. The highest BCUT2D eigenvalue weighted by atomic mass is 16.5. The Labute approximate surface area is 226 Å². The average molecular weight is 515 g/mol. The first kappa shape index (κ1) is 28.7. The molecule has 0 aliphatic heterocycles. The van der Waals surface area contributed by atoms with Gasteiger partial charge in [0.1, 0.15) is 6.10 Å². The van der Waals surface area contributed by atoms with Crippen LogP contribution in [0.5, 0.6) is 0 Å². The Morgan fingerprint density at radius 3 is 2.46 bits per heavy atom. The first-order valence-electron chi connectivity index (χ1n) is 15.6. The fraction of sp³-hybridized carbons (Fsp3) is 0.879. The number of rotatable bonds is 10. The number of hydrogen-bond acceptors (Lipinski definition) is 3. The van der Waals surface area contributed by atoms with Crippen molar-refractivity contribution in [2.75, 3.05) is 0 Å². The number of hydrogen-bond donors (Lipinski definition) is 1. The molecule has 3 saturated carbocycles. The van der Waals surface area contributed by atoms with Crippen molar-refractivity contribution >= 4 is 11.9 Å². The second-order valence-electron chi connectivity index (χ2n) is 14.2. The van der Waals surface area contributed by atoms with Gasteiger partial charge < -0.3 is 9.84 Å². The SMILES string of the molecule is CCC(CC[C@@H](C)[C@H]1CC[C@H]2[C@@H]3CC=C4C[C@@H](OC(=O)CCC(=O)O)CC[C@]4(C)[C@H]3CC[C@]12C)C(C)C. The molecule has 3 fully saturated rings. The quantitative estimate of drug-likeness (QED) is 0.235. The van der Waals surface area contributed by atoms with Gasteiger partial charge in [0.25, 0.3) is 0 Å². The second-order valence-corrected chi connectivity index (χ2v) is 14.2. The standard InChI is InChI=1S/C33H54O4/c1-7-23(21(2)3)9-8-22(4)27-12-13-28-26-11-10-24-20-25(37-31(36)15-14-30(34)35)16-18-32(24,5)29(26)17-19-33(27,28)6/h10,21-23,25-29H,7-9,11-20H2,1-6H3,(H,34,35)/t22-,23?,25+,26+,27-,28+,29+,32+,33-/m1/s1. The summed E-state index contributed by atoms with van der Waals surface area (Å²) in [5, 5.41) is 8.86. The zero-order chi connectivity index (χ0) is 27.0. The first-order chi connectivity index (χ1) is 17.5. The molecule has 210 valence electrons. The molecule has 0 heterocycles. The molecule has 0 spiro atoms. The molecule has 0 amide bonds. The van der Waals surface area contributed by atoms with Crippen LogP contribution < -0.4 is 0 Å². The fourth-order valence-corrected chi connectivity index (χ4v) is 9.84. The van der Waals surface area contributed by atoms with E-state index in [1.807, 2.05) is 0 Å². The summed E-state index contributed by atoms with van der Waals surface area (Å²) in [5.74, 6) is 4.49. The maximum atomic E-state index is 12.2. The predicted molar refractivity (Wildman–Crippen MR) is 149 cm³/mol. The molecule has 0 radical (unpaired) electrons. The lowest BCUT2D eigenvalue weighted by atomic mass is 9.47. The highest BCUT2D eigenvalue weighted by molar-refractivity contribution is 5.76. The number of fused-ring (bicyclic) bond motifs is 5. The Morgan fingerprint density at radius 2 is 1.78 bits per heavy atom. The highest BCUT2D eigenvalue weighted by Crippen LogP contribution is 2.67. The summed E-state index contributed by atoms with van der Waals surface area (Å²) in [6, 6.07) is 0. The number of carboxylic acids is 1. The van der Waals surface area contributed by atoms with Gasteiger partial charge in [-0.15, -0.1) is 0 Å². The van der Waals surface area contributed by atoms with Crippen LogP contribution in [0.3, 0.4) is 0 Å². The van der Waals surface area contributed by atoms with E-state index in [0.717, 1.165) is 60.7 Å². The first-order valence-corrected chi connectivity index (χ1v) is 15.6. The minimum Gasteiger partial charge on any atom is -0.481 e. The molecule has 0 aromatic carbocycles. The van der Waals surface area contributed by atoms with Crippen LogP contribution in [-0.4, -0.2) is 23.1 Å². The molecule has 0 aromatic rings. The molecule has 4 aliphatic carbocycles. The topological polar surface area (TPSA) is 63.6 Å². The maximum absolute atomic E-state index is 12.2. The molecule has 1 N–H and O–H groups in total. The van der Waals surface area contributed by atoms with Gasteiger partial charge in [-0.05, 0) is 104 Å². The third kappa shape index (κ3) is 5.69. The Morgan fingerprint density at radius 1 is 1.03 bits per heavy atom. The van der Waals surface area contributed by atoms with Crippen LogP contribution >= 0.6 is 0 Å². The zero-order valence-corrected chi connectivity index (χ0v) is 24.6. The summed E-state index contributed by atoms with van der Waals surface area (Å²) in [7, 11) is 0. The third-order valence-corrected chi connectivity index (χ3v) is 12.1. The molecular formula is C33H54O4. The summed E-state index contributed by atoms with van der Waals surface area (Å²) in [4.78, 5) is 23.0. The lowest BCUT2D eigenvalue weighted by molar-refractivity contribution is -0.154. The van der Waals surface area contributed by atoms with Gasteiger partial charge in [0.15, 0.2) is 0 Å². The number of aliphatic carboxylic acids is 1. The van der Waals surface area contributed by atoms with Gasteiger partial charge in [0, 0.05) is 6.42 Å². The van der Waals surface area contributed by atoms with Crippen LogP contribution in [0, 0.1) is 52.3 Å². The minimum absolute atomic E-state index is 0.0245. The van der Waals surface area contributed by atoms with E-state index in [4.69, 9.17) is 9.84 Å². The van der Waals surface area contributed by atoms with Crippen LogP contribution in [0.2, 0.25) is 0 Å².